The lowest BCUT2D eigenvalue weighted by Gasteiger charge is -2.26. The van der Waals surface area contributed by atoms with Crippen molar-refractivity contribution in [3.63, 3.8) is 0 Å². The molecule has 5 rings (SSSR count). The summed E-state index contributed by atoms with van der Waals surface area (Å²) in [6.45, 7) is 2.07. The molecule has 0 bridgehead atoms. The second kappa shape index (κ2) is 10.1. The average molecular weight is 516 g/mol. The number of benzene rings is 3. The highest BCUT2D eigenvalue weighted by atomic mass is 16.5. The number of aliphatic hydroxyl groups excluding tert-OH is 1. The Balaban J connectivity index is 1.66. The Labute approximate surface area is 221 Å². The maximum atomic E-state index is 13.5. The normalized spacial score (nSPS) is 19.7. The lowest BCUT2D eigenvalue weighted by atomic mass is 9.94. The number of para-hydroxylation sites is 1. The van der Waals surface area contributed by atoms with Gasteiger partial charge in [0.05, 0.1) is 39.5 Å². The Morgan fingerprint density at radius 3 is 2.42 bits per heavy atom. The number of methoxy groups -OCH3 is 3. The molecule has 2 aliphatic heterocycles. The van der Waals surface area contributed by atoms with Gasteiger partial charge >= 0.3 is 0 Å². The summed E-state index contributed by atoms with van der Waals surface area (Å²) in [5, 5.41) is 11.5. The van der Waals surface area contributed by atoms with Crippen LogP contribution >= 0.6 is 0 Å². The van der Waals surface area contributed by atoms with Crippen LogP contribution < -0.4 is 18.9 Å². The highest BCUT2D eigenvalue weighted by Gasteiger charge is 2.46. The van der Waals surface area contributed by atoms with Crippen molar-refractivity contribution in [1.82, 2.24) is 4.90 Å². The summed E-state index contributed by atoms with van der Waals surface area (Å²) >= 11 is 0. The van der Waals surface area contributed by atoms with Crippen molar-refractivity contribution in [2.24, 2.45) is 0 Å². The number of hydrogen-bond acceptors (Lipinski definition) is 7. The van der Waals surface area contributed by atoms with E-state index in [9.17, 15) is 14.7 Å². The van der Waals surface area contributed by atoms with Gasteiger partial charge in [0.25, 0.3) is 11.7 Å². The first kappa shape index (κ1) is 25.2. The molecule has 196 valence electrons. The third-order valence-corrected chi connectivity index (χ3v) is 6.97. The molecule has 3 aromatic rings. The first-order chi connectivity index (χ1) is 18.4. The van der Waals surface area contributed by atoms with Gasteiger partial charge in [-0.15, -0.1) is 0 Å². The summed E-state index contributed by atoms with van der Waals surface area (Å²) in [7, 11) is 4.60. The Hall–Kier alpha value is -4.46. The fourth-order valence-electron chi connectivity index (χ4n) is 5.15. The third kappa shape index (κ3) is 4.32. The zero-order chi connectivity index (χ0) is 27.0. The molecule has 2 atom stereocenters. The van der Waals surface area contributed by atoms with E-state index in [1.54, 1.807) is 43.5 Å². The van der Waals surface area contributed by atoms with Crippen LogP contribution in [0.4, 0.5) is 0 Å². The number of likely N-dealkylation sites (tertiary alicyclic amines) is 1. The molecule has 1 saturated heterocycles. The van der Waals surface area contributed by atoms with E-state index in [0.29, 0.717) is 34.8 Å². The maximum Gasteiger partial charge on any atom is 0.295 e. The molecule has 1 N–H and O–H groups in total. The van der Waals surface area contributed by atoms with Gasteiger partial charge in [0, 0.05) is 17.5 Å². The second-order valence-corrected chi connectivity index (χ2v) is 9.31. The summed E-state index contributed by atoms with van der Waals surface area (Å²) in [6, 6.07) is 16.9. The van der Waals surface area contributed by atoms with E-state index in [1.165, 1.54) is 19.1 Å². The van der Waals surface area contributed by atoms with Crippen LogP contribution in [0.5, 0.6) is 23.0 Å². The van der Waals surface area contributed by atoms with Crippen molar-refractivity contribution in [3.05, 3.63) is 88.5 Å². The van der Waals surface area contributed by atoms with Gasteiger partial charge in [-0.05, 0) is 54.4 Å². The van der Waals surface area contributed by atoms with Crippen LogP contribution in [-0.4, -0.2) is 49.1 Å². The van der Waals surface area contributed by atoms with Gasteiger partial charge in [-0.1, -0.05) is 24.3 Å². The van der Waals surface area contributed by atoms with Gasteiger partial charge in [0.2, 0.25) is 0 Å². The van der Waals surface area contributed by atoms with E-state index in [1.807, 2.05) is 31.2 Å². The van der Waals surface area contributed by atoms with Crippen LogP contribution in [0.2, 0.25) is 0 Å². The standard InChI is InChI=1S/C30H29NO7/c1-17-13-21-14-19(10-11-23(21)38-17)28(32)26-27(18-9-12-24(36-3)25(15-18)37-4)31(30(34)29(26)33)16-20-7-5-6-8-22(20)35-2/h5-12,14-15,17,27,32H,13,16H2,1-4H3/b28-26+. The zero-order valence-corrected chi connectivity index (χ0v) is 21.7. The number of nitrogens with zero attached hydrogens (tertiary/aromatic N) is 1. The van der Waals surface area contributed by atoms with Gasteiger partial charge in [0.1, 0.15) is 23.4 Å². The zero-order valence-electron chi connectivity index (χ0n) is 21.7. The fraction of sp³-hybridized carbons (Fsp3) is 0.267. The average Bonchev–Trinajstić information content (AvgIpc) is 3.43. The number of carbonyl (C=O) groups excluding carboxylic acids is 2. The minimum atomic E-state index is -0.872. The highest BCUT2D eigenvalue weighted by molar-refractivity contribution is 6.46. The Kier molecular flexibility index (Phi) is 6.72. The van der Waals surface area contributed by atoms with Crippen LogP contribution in [-0.2, 0) is 22.6 Å². The first-order valence-corrected chi connectivity index (χ1v) is 12.3. The van der Waals surface area contributed by atoms with Gasteiger partial charge in [-0.25, -0.2) is 0 Å². The Bertz CT molecular complexity index is 1440. The lowest BCUT2D eigenvalue weighted by molar-refractivity contribution is -0.140. The van der Waals surface area contributed by atoms with Crippen LogP contribution in [0.15, 0.2) is 66.2 Å². The highest BCUT2D eigenvalue weighted by Crippen LogP contribution is 2.43. The molecular formula is C30H29NO7. The van der Waals surface area contributed by atoms with E-state index in [4.69, 9.17) is 18.9 Å². The largest absolute Gasteiger partial charge is 0.507 e. The van der Waals surface area contributed by atoms with Crippen LogP contribution in [0.1, 0.15) is 35.2 Å². The number of ketones is 1. The SMILES string of the molecule is COc1ccccc1CN1C(=O)C(=O)/C(=C(/O)c2ccc3c(c2)CC(C)O3)C1c1ccc(OC)c(OC)c1. The van der Waals surface area contributed by atoms with Crippen molar-refractivity contribution < 1.29 is 33.6 Å². The molecular weight excluding hydrogens is 486 g/mol. The number of hydrogen-bond donors (Lipinski definition) is 1. The molecule has 3 aromatic carbocycles. The fourth-order valence-corrected chi connectivity index (χ4v) is 5.15. The smallest absolute Gasteiger partial charge is 0.295 e. The number of fused-ring (bicyclic) bond motifs is 1. The summed E-state index contributed by atoms with van der Waals surface area (Å²) in [4.78, 5) is 28.4. The summed E-state index contributed by atoms with van der Waals surface area (Å²) in [5.41, 5.74) is 2.71. The summed E-state index contributed by atoms with van der Waals surface area (Å²) in [6.07, 6.45) is 0.720. The van der Waals surface area contributed by atoms with Gasteiger partial charge in [-0.2, -0.15) is 0 Å². The minimum Gasteiger partial charge on any atom is -0.507 e. The Morgan fingerprint density at radius 1 is 0.947 bits per heavy atom. The second-order valence-electron chi connectivity index (χ2n) is 9.31. The monoisotopic (exact) mass is 515 g/mol. The number of aliphatic hydroxyl groups is 1. The topological polar surface area (TPSA) is 94.5 Å². The van der Waals surface area contributed by atoms with Crippen molar-refractivity contribution in [3.8, 4) is 23.0 Å². The molecule has 38 heavy (non-hydrogen) atoms. The predicted octanol–water partition coefficient (Wildman–Crippen LogP) is 4.66. The first-order valence-electron chi connectivity index (χ1n) is 12.3. The molecule has 8 nitrogen and oxygen atoms in total. The number of Topliss-reactive ketones (excluding diaryl/α,β-unsaturated/α-hetero) is 1. The van der Waals surface area contributed by atoms with E-state index < -0.39 is 17.7 Å². The minimum absolute atomic E-state index is 0.00373. The number of carbonyl (C=O) groups is 2. The quantitative estimate of drug-likeness (QED) is 0.278. The molecule has 0 saturated carbocycles. The molecule has 2 aliphatic rings. The van der Waals surface area contributed by atoms with Crippen molar-refractivity contribution >= 4 is 17.4 Å². The van der Waals surface area contributed by atoms with Crippen molar-refractivity contribution in [1.29, 1.82) is 0 Å². The molecule has 2 unspecified atom stereocenters. The van der Waals surface area contributed by atoms with E-state index in [-0.39, 0.29) is 24.0 Å². The predicted molar refractivity (Wildman–Crippen MR) is 141 cm³/mol. The number of ether oxygens (including phenoxy) is 4. The van der Waals surface area contributed by atoms with E-state index >= 15 is 0 Å². The molecule has 1 amide bonds. The van der Waals surface area contributed by atoms with Crippen molar-refractivity contribution in [2.75, 3.05) is 21.3 Å². The van der Waals surface area contributed by atoms with Crippen LogP contribution in [0, 0.1) is 0 Å². The molecule has 0 spiro atoms. The molecule has 1 fully saturated rings. The molecule has 2 heterocycles. The Morgan fingerprint density at radius 2 is 1.68 bits per heavy atom. The van der Waals surface area contributed by atoms with Gasteiger partial charge in [-0.3, -0.25) is 9.59 Å². The number of amides is 1. The number of rotatable bonds is 7. The maximum absolute atomic E-state index is 13.5. The lowest BCUT2D eigenvalue weighted by Crippen LogP contribution is -2.29. The third-order valence-electron chi connectivity index (χ3n) is 6.97. The van der Waals surface area contributed by atoms with Gasteiger partial charge < -0.3 is 29.0 Å². The van der Waals surface area contributed by atoms with Crippen LogP contribution in [0.25, 0.3) is 5.76 Å². The van der Waals surface area contributed by atoms with Crippen molar-refractivity contribution in [2.45, 2.75) is 32.0 Å². The molecule has 0 radical (unpaired) electrons. The summed E-state index contributed by atoms with van der Waals surface area (Å²) in [5.74, 6) is 0.572. The molecule has 0 aliphatic carbocycles. The molecule has 8 heteroatoms. The van der Waals surface area contributed by atoms with Gasteiger partial charge in [0.15, 0.2) is 11.5 Å². The van der Waals surface area contributed by atoms with E-state index in [2.05, 4.69) is 0 Å². The van der Waals surface area contributed by atoms with E-state index in [0.717, 1.165) is 16.9 Å². The summed E-state index contributed by atoms with van der Waals surface area (Å²) < 4.78 is 22.1. The van der Waals surface area contributed by atoms with Crippen LogP contribution in [0.3, 0.4) is 0 Å². The molecule has 0 aromatic heterocycles.